The third-order valence-electron chi connectivity index (χ3n) is 3.83. The van der Waals surface area contributed by atoms with E-state index in [1.165, 1.54) is 11.8 Å². The SMILES string of the molecule is CC(C)N1C(=O)/C(=C\c2ccccc2OCC#N)SC1=Nc1ccccc1. The number of ether oxygens (including phenoxy) is 1. The minimum absolute atomic E-state index is 0.0107. The van der Waals surface area contributed by atoms with Crippen LogP contribution in [-0.2, 0) is 4.79 Å². The number of thioether (sulfide) groups is 1. The van der Waals surface area contributed by atoms with E-state index >= 15 is 0 Å². The summed E-state index contributed by atoms with van der Waals surface area (Å²) in [5, 5.41) is 9.40. The number of hydrogen-bond donors (Lipinski definition) is 0. The molecule has 0 N–H and O–H groups in total. The molecule has 0 aliphatic carbocycles. The second-order valence-corrected chi connectivity index (χ2v) is 7.10. The summed E-state index contributed by atoms with van der Waals surface area (Å²) in [4.78, 5) is 19.9. The molecular formula is C21H19N3O2S. The standard InChI is InChI=1S/C21H19N3O2S/c1-15(2)24-20(25)19(27-21(24)23-17-9-4-3-5-10-17)14-16-8-6-7-11-18(16)26-13-12-22/h3-11,14-15H,13H2,1-2H3/b19-14+,23-21?. The molecule has 0 unspecified atom stereocenters. The summed E-state index contributed by atoms with van der Waals surface area (Å²) < 4.78 is 5.46. The molecule has 1 aliphatic rings. The molecule has 2 aromatic rings. The van der Waals surface area contributed by atoms with Crippen molar-refractivity contribution in [2.45, 2.75) is 19.9 Å². The predicted molar refractivity (Wildman–Crippen MR) is 109 cm³/mol. The van der Waals surface area contributed by atoms with Crippen molar-refractivity contribution in [3.63, 3.8) is 0 Å². The van der Waals surface area contributed by atoms with Gasteiger partial charge < -0.3 is 4.74 Å². The fraction of sp³-hybridized carbons (Fsp3) is 0.190. The molecule has 3 rings (SSSR count). The summed E-state index contributed by atoms with van der Waals surface area (Å²) in [6, 6.07) is 18.9. The summed E-state index contributed by atoms with van der Waals surface area (Å²) in [5.74, 6) is 0.490. The van der Waals surface area contributed by atoms with Crippen LogP contribution in [0.5, 0.6) is 5.75 Å². The maximum absolute atomic E-state index is 12.9. The minimum atomic E-state index is -0.0835. The molecular weight excluding hydrogens is 358 g/mol. The van der Waals surface area contributed by atoms with E-state index in [0.717, 1.165) is 11.3 Å². The van der Waals surface area contributed by atoms with E-state index < -0.39 is 0 Å². The van der Waals surface area contributed by atoms with Gasteiger partial charge in [-0.05, 0) is 49.9 Å². The summed E-state index contributed by atoms with van der Waals surface area (Å²) in [5.41, 5.74) is 1.56. The van der Waals surface area contributed by atoms with E-state index in [1.807, 2.05) is 68.4 Å². The van der Waals surface area contributed by atoms with E-state index in [2.05, 4.69) is 4.99 Å². The van der Waals surface area contributed by atoms with Crippen molar-refractivity contribution in [2.24, 2.45) is 4.99 Å². The number of nitriles is 1. The first-order valence-electron chi connectivity index (χ1n) is 8.56. The molecule has 0 bridgehead atoms. The largest absolute Gasteiger partial charge is 0.478 e. The van der Waals surface area contributed by atoms with Crippen LogP contribution in [0, 0.1) is 11.3 Å². The lowest BCUT2D eigenvalue weighted by Crippen LogP contribution is -2.35. The third-order valence-corrected chi connectivity index (χ3v) is 4.82. The average Bonchev–Trinajstić information content (AvgIpc) is 2.97. The Bertz CT molecular complexity index is 930. The summed E-state index contributed by atoms with van der Waals surface area (Å²) >= 11 is 1.34. The van der Waals surface area contributed by atoms with Crippen molar-refractivity contribution in [1.82, 2.24) is 4.90 Å². The van der Waals surface area contributed by atoms with Gasteiger partial charge >= 0.3 is 0 Å². The lowest BCUT2D eigenvalue weighted by molar-refractivity contribution is -0.123. The van der Waals surface area contributed by atoms with Crippen molar-refractivity contribution in [2.75, 3.05) is 6.61 Å². The number of hydrogen-bond acceptors (Lipinski definition) is 5. The Balaban J connectivity index is 1.96. The second-order valence-electron chi connectivity index (χ2n) is 6.09. The van der Waals surface area contributed by atoms with E-state index in [1.54, 1.807) is 17.0 Å². The normalized spacial score (nSPS) is 17.0. The summed E-state index contributed by atoms with van der Waals surface area (Å²) in [6.07, 6.45) is 1.79. The van der Waals surface area contributed by atoms with Crippen LogP contribution in [0.4, 0.5) is 5.69 Å². The average molecular weight is 377 g/mol. The number of aliphatic imine (C=N–C) groups is 1. The van der Waals surface area contributed by atoms with Gasteiger partial charge in [-0.2, -0.15) is 5.26 Å². The Morgan fingerprint density at radius 2 is 1.89 bits per heavy atom. The number of carbonyl (C=O) groups excluding carboxylic acids is 1. The molecule has 5 nitrogen and oxygen atoms in total. The fourth-order valence-corrected chi connectivity index (χ4v) is 3.73. The highest BCUT2D eigenvalue weighted by Crippen LogP contribution is 2.36. The number of para-hydroxylation sites is 2. The number of amides is 1. The molecule has 136 valence electrons. The topological polar surface area (TPSA) is 65.7 Å². The number of rotatable bonds is 5. The Labute approximate surface area is 163 Å². The highest BCUT2D eigenvalue weighted by Gasteiger charge is 2.35. The number of nitrogens with zero attached hydrogens (tertiary/aromatic N) is 3. The lowest BCUT2D eigenvalue weighted by atomic mass is 10.2. The molecule has 1 aliphatic heterocycles. The zero-order valence-corrected chi connectivity index (χ0v) is 15.9. The Morgan fingerprint density at radius 1 is 1.19 bits per heavy atom. The second kappa shape index (κ2) is 8.56. The Hall–Kier alpha value is -3.04. The zero-order chi connectivity index (χ0) is 19.2. The highest BCUT2D eigenvalue weighted by atomic mass is 32.2. The first-order valence-corrected chi connectivity index (χ1v) is 9.37. The van der Waals surface area contributed by atoms with E-state index in [0.29, 0.717) is 15.8 Å². The van der Waals surface area contributed by atoms with Crippen LogP contribution < -0.4 is 4.74 Å². The molecule has 1 heterocycles. The van der Waals surface area contributed by atoms with Crippen molar-refractivity contribution >= 4 is 34.6 Å². The quantitative estimate of drug-likeness (QED) is 0.714. The van der Waals surface area contributed by atoms with Gasteiger partial charge in [0, 0.05) is 11.6 Å². The van der Waals surface area contributed by atoms with Crippen LogP contribution in [0.2, 0.25) is 0 Å². The first kappa shape index (κ1) is 18.7. The van der Waals surface area contributed by atoms with Gasteiger partial charge in [-0.3, -0.25) is 9.69 Å². The smallest absolute Gasteiger partial charge is 0.266 e. The van der Waals surface area contributed by atoms with Gasteiger partial charge in [0.25, 0.3) is 5.91 Å². The Kier molecular flexibility index (Phi) is 5.94. The monoisotopic (exact) mass is 377 g/mol. The van der Waals surface area contributed by atoms with Crippen LogP contribution in [0.25, 0.3) is 6.08 Å². The van der Waals surface area contributed by atoms with Crippen LogP contribution in [-0.4, -0.2) is 28.6 Å². The molecule has 0 saturated carbocycles. The predicted octanol–water partition coefficient (Wildman–Crippen LogP) is 4.60. The van der Waals surface area contributed by atoms with Gasteiger partial charge in [-0.25, -0.2) is 4.99 Å². The molecule has 27 heavy (non-hydrogen) atoms. The minimum Gasteiger partial charge on any atom is -0.478 e. The molecule has 1 amide bonds. The van der Waals surface area contributed by atoms with Gasteiger partial charge in [0.05, 0.1) is 10.6 Å². The van der Waals surface area contributed by atoms with Crippen LogP contribution in [0.3, 0.4) is 0 Å². The maximum atomic E-state index is 12.9. The van der Waals surface area contributed by atoms with Gasteiger partial charge in [-0.1, -0.05) is 36.4 Å². The van der Waals surface area contributed by atoms with E-state index in [9.17, 15) is 4.79 Å². The molecule has 0 aromatic heterocycles. The molecule has 1 saturated heterocycles. The molecule has 6 heteroatoms. The van der Waals surface area contributed by atoms with Crippen molar-refractivity contribution in [3.05, 3.63) is 65.1 Å². The van der Waals surface area contributed by atoms with Crippen molar-refractivity contribution in [3.8, 4) is 11.8 Å². The zero-order valence-electron chi connectivity index (χ0n) is 15.1. The first-order chi connectivity index (χ1) is 13.1. The molecule has 1 fully saturated rings. The van der Waals surface area contributed by atoms with Gasteiger partial charge in [-0.15, -0.1) is 0 Å². The summed E-state index contributed by atoms with van der Waals surface area (Å²) in [7, 11) is 0. The van der Waals surface area contributed by atoms with Gasteiger partial charge in [0.2, 0.25) is 0 Å². The fourth-order valence-electron chi connectivity index (χ4n) is 2.62. The number of carbonyl (C=O) groups is 1. The molecule has 0 spiro atoms. The van der Waals surface area contributed by atoms with E-state index in [4.69, 9.17) is 10.00 Å². The molecule has 0 atom stereocenters. The third kappa shape index (κ3) is 4.39. The van der Waals surface area contributed by atoms with Gasteiger partial charge in [0.15, 0.2) is 11.8 Å². The van der Waals surface area contributed by atoms with Crippen molar-refractivity contribution in [1.29, 1.82) is 5.26 Å². The van der Waals surface area contributed by atoms with Crippen LogP contribution in [0.15, 0.2) is 64.5 Å². The lowest BCUT2D eigenvalue weighted by Gasteiger charge is -2.19. The van der Waals surface area contributed by atoms with Gasteiger partial charge in [0.1, 0.15) is 11.8 Å². The van der Waals surface area contributed by atoms with Crippen LogP contribution >= 0.6 is 11.8 Å². The molecule has 0 radical (unpaired) electrons. The van der Waals surface area contributed by atoms with Crippen molar-refractivity contribution < 1.29 is 9.53 Å². The Morgan fingerprint density at radius 3 is 2.59 bits per heavy atom. The number of amidine groups is 1. The summed E-state index contributed by atoms with van der Waals surface area (Å²) in [6.45, 7) is 3.89. The molecule has 2 aromatic carbocycles. The number of benzene rings is 2. The highest BCUT2D eigenvalue weighted by molar-refractivity contribution is 8.18. The van der Waals surface area contributed by atoms with E-state index in [-0.39, 0.29) is 18.6 Å². The maximum Gasteiger partial charge on any atom is 0.266 e. The van der Waals surface area contributed by atoms with Crippen LogP contribution in [0.1, 0.15) is 19.4 Å².